The van der Waals surface area contributed by atoms with Crippen molar-refractivity contribution in [3.05, 3.63) is 36.2 Å². The maximum absolute atomic E-state index is 12.9. The molecule has 2 N–H and O–H groups in total. The zero-order valence-corrected chi connectivity index (χ0v) is 18.0. The van der Waals surface area contributed by atoms with Gasteiger partial charge < -0.3 is 15.4 Å². The Kier molecular flexibility index (Phi) is 6.21. The number of nitrogen functional groups attached to an aromatic ring is 1. The zero-order chi connectivity index (χ0) is 21.1. The monoisotopic (exact) mass is 408 g/mol. The van der Waals surface area contributed by atoms with Gasteiger partial charge in [0.15, 0.2) is 0 Å². The van der Waals surface area contributed by atoms with Gasteiger partial charge in [-0.3, -0.25) is 9.78 Å². The Morgan fingerprint density at radius 1 is 1.17 bits per heavy atom. The molecule has 1 fully saturated rings. The third-order valence-electron chi connectivity index (χ3n) is 6.69. The first kappa shape index (κ1) is 20.6. The molecule has 4 rings (SSSR count). The summed E-state index contributed by atoms with van der Waals surface area (Å²) in [7, 11) is 0. The van der Waals surface area contributed by atoms with Crippen molar-refractivity contribution in [2.24, 2.45) is 17.8 Å². The summed E-state index contributed by atoms with van der Waals surface area (Å²) in [5, 5.41) is 0. The van der Waals surface area contributed by atoms with Gasteiger partial charge in [-0.05, 0) is 67.2 Å². The number of hydrogen-bond donors (Lipinski definition) is 1. The molecule has 0 spiro atoms. The number of hydrogen-bond acceptors (Lipinski definition) is 5. The van der Waals surface area contributed by atoms with Gasteiger partial charge in [0, 0.05) is 25.1 Å². The number of rotatable bonds is 3. The van der Waals surface area contributed by atoms with Crippen LogP contribution >= 0.6 is 0 Å². The van der Waals surface area contributed by atoms with Crippen molar-refractivity contribution in [3.63, 3.8) is 0 Å². The molecule has 3 heterocycles. The molecule has 0 radical (unpaired) electrons. The highest BCUT2D eigenvalue weighted by Crippen LogP contribution is 2.34. The molecule has 0 saturated carbocycles. The van der Waals surface area contributed by atoms with Gasteiger partial charge >= 0.3 is 0 Å². The second-order valence-corrected chi connectivity index (χ2v) is 9.00. The maximum Gasteiger partial charge on any atom is 0.222 e. The van der Waals surface area contributed by atoms with Crippen LogP contribution in [0.1, 0.15) is 45.1 Å². The Balaban J connectivity index is 1.46. The molecular weight excluding hydrogens is 376 g/mol. The topological polar surface area (TPSA) is 81.3 Å². The van der Waals surface area contributed by atoms with Crippen molar-refractivity contribution >= 4 is 11.7 Å². The Morgan fingerprint density at radius 2 is 1.97 bits per heavy atom. The van der Waals surface area contributed by atoms with Gasteiger partial charge in [-0.25, -0.2) is 4.98 Å². The van der Waals surface area contributed by atoms with Crippen LogP contribution in [0.4, 0.5) is 5.82 Å². The molecular formula is C24H32N4O2. The van der Waals surface area contributed by atoms with Gasteiger partial charge in [0.1, 0.15) is 11.6 Å². The first-order valence-electron chi connectivity index (χ1n) is 11.1. The van der Waals surface area contributed by atoms with Gasteiger partial charge in [-0.15, -0.1) is 0 Å². The Labute approximate surface area is 178 Å². The van der Waals surface area contributed by atoms with Crippen LogP contribution in [-0.4, -0.2) is 40.5 Å². The van der Waals surface area contributed by atoms with Crippen LogP contribution in [0.25, 0.3) is 11.3 Å². The van der Waals surface area contributed by atoms with E-state index in [4.69, 9.17) is 10.5 Å². The first-order chi connectivity index (χ1) is 14.5. The lowest BCUT2D eigenvalue weighted by molar-refractivity contribution is -0.134. The number of nitrogens with two attached hydrogens (primary N) is 1. The molecule has 2 aromatic rings. The number of ether oxygens (including phenoxy) is 1. The number of likely N-dealkylation sites (tertiary alicyclic amines) is 1. The minimum atomic E-state index is 0.311. The van der Waals surface area contributed by atoms with Crippen LogP contribution in [0.2, 0.25) is 0 Å². The standard InChI is InChI=1S/C24H32N4O2/c1-16-5-8-28(9-6-16)24(29)13-18-7-10-30-22-4-3-19(12-20(22)11-17(18)2)21-14-27-23(25)15-26-21/h3-4,12,14-18H,5-11,13H2,1-2H3,(H2,25,27). The third kappa shape index (κ3) is 4.74. The van der Waals surface area contributed by atoms with Crippen molar-refractivity contribution in [1.29, 1.82) is 0 Å². The highest BCUT2D eigenvalue weighted by atomic mass is 16.5. The predicted octanol–water partition coefficient (Wildman–Crippen LogP) is 3.95. The van der Waals surface area contributed by atoms with E-state index in [9.17, 15) is 4.79 Å². The van der Waals surface area contributed by atoms with E-state index in [-0.39, 0.29) is 0 Å². The number of nitrogens with zero attached hydrogens (tertiary/aromatic N) is 3. The summed E-state index contributed by atoms with van der Waals surface area (Å²) in [5.41, 5.74) is 8.64. The largest absolute Gasteiger partial charge is 0.493 e. The lowest BCUT2D eigenvalue weighted by Crippen LogP contribution is -2.39. The van der Waals surface area contributed by atoms with Crippen LogP contribution < -0.4 is 10.5 Å². The van der Waals surface area contributed by atoms with E-state index in [0.29, 0.717) is 36.6 Å². The summed E-state index contributed by atoms with van der Waals surface area (Å²) in [6.45, 7) is 7.00. The van der Waals surface area contributed by atoms with Crippen LogP contribution in [0.5, 0.6) is 5.75 Å². The number of fused-ring (bicyclic) bond motifs is 1. The van der Waals surface area contributed by atoms with Crippen LogP contribution in [-0.2, 0) is 11.2 Å². The number of aromatic nitrogens is 2. The van der Waals surface area contributed by atoms with Crippen molar-refractivity contribution in [2.45, 2.75) is 46.0 Å². The van der Waals surface area contributed by atoms with Crippen molar-refractivity contribution in [1.82, 2.24) is 14.9 Å². The molecule has 160 valence electrons. The maximum atomic E-state index is 12.9. The lowest BCUT2D eigenvalue weighted by atomic mass is 9.82. The molecule has 2 aliphatic rings. The van der Waals surface area contributed by atoms with Crippen molar-refractivity contribution in [2.75, 3.05) is 25.4 Å². The number of anilines is 1. The normalized spacial score (nSPS) is 22.5. The summed E-state index contributed by atoms with van der Waals surface area (Å²) in [4.78, 5) is 23.5. The Hall–Kier alpha value is -2.63. The summed E-state index contributed by atoms with van der Waals surface area (Å²) in [5.74, 6) is 3.14. The zero-order valence-electron chi connectivity index (χ0n) is 18.0. The molecule has 6 heteroatoms. The first-order valence-corrected chi connectivity index (χ1v) is 11.1. The smallest absolute Gasteiger partial charge is 0.222 e. The highest BCUT2D eigenvalue weighted by Gasteiger charge is 2.28. The van der Waals surface area contributed by atoms with E-state index in [2.05, 4.69) is 34.8 Å². The molecule has 2 atom stereocenters. The quantitative estimate of drug-likeness (QED) is 0.832. The summed E-state index contributed by atoms with van der Waals surface area (Å²) < 4.78 is 6.08. The van der Waals surface area contributed by atoms with E-state index in [1.165, 1.54) is 5.56 Å². The Bertz CT molecular complexity index is 875. The fraction of sp³-hybridized carbons (Fsp3) is 0.542. The minimum Gasteiger partial charge on any atom is -0.493 e. The second kappa shape index (κ2) is 9.02. The predicted molar refractivity (Wildman–Crippen MR) is 118 cm³/mol. The third-order valence-corrected chi connectivity index (χ3v) is 6.69. The highest BCUT2D eigenvalue weighted by molar-refractivity contribution is 5.76. The van der Waals surface area contributed by atoms with Crippen LogP contribution in [0.15, 0.2) is 30.6 Å². The Morgan fingerprint density at radius 3 is 2.70 bits per heavy atom. The average Bonchev–Trinajstić information content (AvgIpc) is 2.73. The van der Waals surface area contributed by atoms with Gasteiger partial charge in [0.05, 0.1) is 24.7 Å². The molecule has 6 nitrogen and oxygen atoms in total. The minimum absolute atomic E-state index is 0.311. The number of piperidine rings is 1. The van der Waals surface area contributed by atoms with Gasteiger partial charge in [0.2, 0.25) is 5.91 Å². The molecule has 1 saturated heterocycles. The van der Waals surface area contributed by atoms with Gasteiger partial charge in [-0.1, -0.05) is 13.8 Å². The van der Waals surface area contributed by atoms with Crippen molar-refractivity contribution < 1.29 is 9.53 Å². The molecule has 1 aromatic carbocycles. The van der Waals surface area contributed by atoms with Crippen molar-refractivity contribution in [3.8, 4) is 17.0 Å². The fourth-order valence-electron chi connectivity index (χ4n) is 4.56. The number of amides is 1. The molecule has 2 unspecified atom stereocenters. The van der Waals surface area contributed by atoms with Crippen LogP contribution in [0, 0.1) is 17.8 Å². The number of carbonyl (C=O) groups excluding carboxylic acids is 1. The summed E-state index contributed by atoms with van der Waals surface area (Å²) in [6, 6.07) is 6.18. The fourth-order valence-corrected chi connectivity index (χ4v) is 4.56. The SMILES string of the molecule is CC1CCN(C(=O)CC2CCOc3ccc(-c4cnc(N)cn4)cc3CC2C)CC1. The van der Waals surface area contributed by atoms with Gasteiger partial charge in [-0.2, -0.15) is 0 Å². The van der Waals surface area contributed by atoms with E-state index in [1.54, 1.807) is 12.4 Å². The van der Waals surface area contributed by atoms with Crippen LogP contribution in [0.3, 0.4) is 0 Å². The summed E-state index contributed by atoms with van der Waals surface area (Å²) >= 11 is 0. The molecule has 1 aromatic heterocycles. The molecule has 2 aliphatic heterocycles. The average molecular weight is 409 g/mol. The number of benzene rings is 1. The van der Waals surface area contributed by atoms with E-state index >= 15 is 0 Å². The van der Waals surface area contributed by atoms with E-state index in [0.717, 1.165) is 61.7 Å². The lowest BCUT2D eigenvalue weighted by Gasteiger charge is -2.33. The number of carbonyl (C=O) groups is 1. The van der Waals surface area contributed by atoms with E-state index < -0.39 is 0 Å². The molecule has 30 heavy (non-hydrogen) atoms. The summed E-state index contributed by atoms with van der Waals surface area (Å²) in [6.07, 6.45) is 7.96. The molecule has 0 bridgehead atoms. The van der Waals surface area contributed by atoms with E-state index in [1.807, 2.05) is 12.1 Å². The molecule has 1 amide bonds. The molecule has 0 aliphatic carbocycles. The van der Waals surface area contributed by atoms with Gasteiger partial charge in [0.25, 0.3) is 0 Å². The second-order valence-electron chi connectivity index (χ2n) is 9.00.